The van der Waals surface area contributed by atoms with Gasteiger partial charge in [-0.15, -0.1) is 0 Å². The van der Waals surface area contributed by atoms with Crippen LogP contribution in [-0.4, -0.2) is 33.0 Å². The second-order valence-electron chi connectivity index (χ2n) is 5.01. The van der Waals surface area contributed by atoms with Gasteiger partial charge in [-0.2, -0.15) is 13.2 Å². The zero-order chi connectivity index (χ0) is 12.8. The van der Waals surface area contributed by atoms with Gasteiger partial charge in [-0.05, 0) is 38.1 Å². The van der Waals surface area contributed by atoms with Gasteiger partial charge in [0.15, 0.2) is 0 Å². The normalized spacial score (nSPS) is 19.8. The van der Waals surface area contributed by atoms with Crippen LogP contribution in [0.15, 0.2) is 0 Å². The Bertz CT molecular complexity index is 212. The monoisotopic (exact) mass is 253 g/mol. The van der Waals surface area contributed by atoms with Crippen molar-refractivity contribution in [1.82, 2.24) is 5.32 Å². The summed E-state index contributed by atoms with van der Waals surface area (Å²) in [4.78, 5) is 0. The van der Waals surface area contributed by atoms with Crippen LogP contribution in [0.5, 0.6) is 0 Å². The molecule has 1 N–H and O–H groups in total. The Labute approximate surface area is 101 Å². The highest BCUT2D eigenvalue weighted by molar-refractivity contribution is 4.86. The summed E-state index contributed by atoms with van der Waals surface area (Å²) in [6, 6.07) is 0. The Hall–Kier alpha value is -0.290. The molecule has 0 amide bonds. The molecular weight excluding hydrogens is 231 g/mol. The molecule has 0 spiro atoms. The van der Waals surface area contributed by atoms with Crippen LogP contribution in [0.25, 0.3) is 0 Å². The predicted molar refractivity (Wildman–Crippen MR) is 60.9 cm³/mol. The van der Waals surface area contributed by atoms with E-state index in [9.17, 15) is 13.2 Å². The van der Waals surface area contributed by atoms with E-state index in [2.05, 4.69) is 10.1 Å². The van der Waals surface area contributed by atoms with Gasteiger partial charge in [-0.25, -0.2) is 0 Å². The number of rotatable bonds is 7. The van der Waals surface area contributed by atoms with Crippen LogP contribution in [0.3, 0.4) is 0 Å². The Morgan fingerprint density at radius 3 is 2.41 bits per heavy atom. The Balaban J connectivity index is 2.15. The highest BCUT2D eigenvalue weighted by Crippen LogP contribution is 2.41. The van der Waals surface area contributed by atoms with E-state index >= 15 is 0 Å². The van der Waals surface area contributed by atoms with Crippen molar-refractivity contribution >= 4 is 0 Å². The van der Waals surface area contributed by atoms with Crippen molar-refractivity contribution in [3.63, 3.8) is 0 Å². The molecule has 0 aromatic carbocycles. The minimum atomic E-state index is -4.20. The van der Waals surface area contributed by atoms with Crippen LogP contribution >= 0.6 is 0 Å². The molecule has 0 aromatic heterocycles. The molecule has 102 valence electrons. The van der Waals surface area contributed by atoms with Crippen LogP contribution in [0.4, 0.5) is 13.2 Å². The lowest BCUT2D eigenvalue weighted by atomic mass is 9.81. The number of ether oxygens (including phenoxy) is 1. The maximum atomic E-state index is 11.8. The highest BCUT2D eigenvalue weighted by atomic mass is 19.4. The van der Waals surface area contributed by atoms with Crippen molar-refractivity contribution in [2.24, 2.45) is 5.41 Å². The molecule has 0 radical (unpaired) electrons. The number of nitrogens with one attached hydrogen (secondary N) is 1. The summed E-state index contributed by atoms with van der Waals surface area (Å²) in [5.41, 5.74) is 0.302. The molecule has 0 saturated heterocycles. The van der Waals surface area contributed by atoms with Crippen molar-refractivity contribution in [2.45, 2.75) is 44.7 Å². The van der Waals surface area contributed by atoms with E-state index < -0.39 is 12.8 Å². The minimum Gasteiger partial charge on any atom is -0.372 e. The average Bonchev–Trinajstić information content (AvgIpc) is 2.65. The molecule has 0 unspecified atom stereocenters. The number of hydrogen-bond donors (Lipinski definition) is 1. The molecule has 5 heteroatoms. The van der Waals surface area contributed by atoms with Crippen LogP contribution < -0.4 is 5.32 Å². The number of halogens is 3. The van der Waals surface area contributed by atoms with Crippen molar-refractivity contribution in [3.8, 4) is 0 Å². The molecule has 1 aliphatic rings. The standard InChI is InChI=1S/C12H22F3NO/c1-16-9-11(5-2-3-6-11)7-4-8-17-10-12(13,14)15/h16H,2-10H2,1H3. The van der Waals surface area contributed by atoms with Gasteiger partial charge in [0.05, 0.1) is 0 Å². The SMILES string of the molecule is CNCC1(CCCOCC(F)(F)F)CCCC1. The second-order valence-corrected chi connectivity index (χ2v) is 5.01. The van der Waals surface area contributed by atoms with Gasteiger partial charge in [0.25, 0.3) is 0 Å². The lowest BCUT2D eigenvalue weighted by Gasteiger charge is -2.28. The van der Waals surface area contributed by atoms with Gasteiger partial charge in [0, 0.05) is 13.2 Å². The topological polar surface area (TPSA) is 21.3 Å². The maximum absolute atomic E-state index is 11.8. The van der Waals surface area contributed by atoms with Crippen LogP contribution in [0.1, 0.15) is 38.5 Å². The lowest BCUT2D eigenvalue weighted by Crippen LogP contribution is -2.30. The molecule has 0 heterocycles. The quantitative estimate of drug-likeness (QED) is 0.704. The summed E-state index contributed by atoms with van der Waals surface area (Å²) in [6.45, 7) is 0.0588. The van der Waals surface area contributed by atoms with E-state index in [0.29, 0.717) is 5.41 Å². The smallest absolute Gasteiger partial charge is 0.372 e. The van der Waals surface area contributed by atoms with Crippen molar-refractivity contribution < 1.29 is 17.9 Å². The molecule has 0 atom stereocenters. The zero-order valence-corrected chi connectivity index (χ0v) is 10.4. The summed E-state index contributed by atoms with van der Waals surface area (Å²) in [5.74, 6) is 0. The summed E-state index contributed by atoms with van der Waals surface area (Å²) < 4.78 is 40.2. The third-order valence-corrected chi connectivity index (χ3v) is 3.48. The van der Waals surface area contributed by atoms with Gasteiger partial charge >= 0.3 is 6.18 Å². The molecule has 0 aliphatic heterocycles. The minimum absolute atomic E-state index is 0.213. The first-order valence-electron chi connectivity index (χ1n) is 6.27. The van der Waals surface area contributed by atoms with Crippen LogP contribution in [-0.2, 0) is 4.74 Å². The van der Waals surface area contributed by atoms with Crippen molar-refractivity contribution in [1.29, 1.82) is 0 Å². The van der Waals surface area contributed by atoms with E-state index in [-0.39, 0.29) is 6.61 Å². The fraction of sp³-hybridized carbons (Fsp3) is 1.00. The molecule has 0 aromatic rings. The van der Waals surface area contributed by atoms with Gasteiger partial charge < -0.3 is 10.1 Å². The van der Waals surface area contributed by atoms with E-state index in [1.807, 2.05) is 7.05 Å². The second kappa shape index (κ2) is 6.59. The summed E-state index contributed by atoms with van der Waals surface area (Å²) in [5, 5.41) is 3.19. The summed E-state index contributed by atoms with van der Waals surface area (Å²) in [7, 11) is 1.93. The van der Waals surface area contributed by atoms with E-state index in [0.717, 1.165) is 19.4 Å². The van der Waals surface area contributed by atoms with Gasteiger partial charge in [-0.1, -0.05) is 12.8 Å². The Kier molecular flexibility index (Phi) is 5.73. The molecule has 1 saturated carbocycles. The van der Waals surface area contributed by atoms with E-state index in [4.69, 9.17) is 0 Å². The summed E-state index contributed by atoms with van der Waals surface area (Å²) >= 11 is 0. The molecular formula is C12H22F3NO. The Morgan fingerprint density at radius 2 is 1.88 bits per heavy atom. The first kappa shape index (κ1) is 14.8. The molecule has 1 fully saturated rings. The largest absolute Gasteiger partial charge is 0.411 e. The molecule has 17 heavy (non-hydrogen) atoms. The first-order chi connectivity index (χ1) is 7.97. The third-order valence-electron chi connectivity index (χ3n) is 3.48. The van der Waals surface area contributed by atoms with E-state index in [1.54, 1.807) is 0 Å². The van der Waals surface area contributed by atoms with Crippen LogP contribution in [0.2, 0.25) is 0 Å². The van der Waals surface area contributed by atoms with Crippen LogP contribution in [0, 0.1) is 5.41 Å². The average molecular weight is 253 g/mol. The van der Waals surface area contributed by atoms with Crippen molar-refractivity contribution in [2.75, 3.05) is 26.8 Å². The Morgan fingerprint density at radius 1 is 1.24 bits per heavy atom. The fourth-order valence-electron chi connectivity index (χ4n) is 2.75. The van der Waals surface area contributed by atoms with Gasteiger partial charge in [0.2, 0.25) is 0 Å². The molecule has 1 aliphatic carbocycles. The maximum Gasteiger partial charge on any atom is 0.411 e. The van der Waals surface area contributed by atoms with E-state index in [1.165, 1.54) is 25.7 Å². The highest BCUT2D eigenvalue weighted by Gasteiger charge is 2.32. The fourth-order valence-corrected chi connectivity index (χ4v) is 2.75. The third kappa shape index (κ3) is 5.73. The predicted octanol–water partition coefficient (Wildman–Crippen LogP) is 3.13. The zero-order valence-electron chi connectivity index (χ0n) is 10.4. The molecule has 2 nitrogen and oxygen atoms in total. The van der Waals surface area contributed by atoms with Gasteiger partial charge in [-0.3, -0.25) is 0 Å². The molecule has 1 rings (SSSR count). The number of hydrogen-bond acceptors (Lipinski definition) is 2. The molecule has 0 bridgehead atoms. The van der Waals surface area contributed by atoms with Crippen molar-refractivity contribution in [3.05, 3.63) is 0 Å². The lowest BCUT2D eigenvalue weighted by molar-refractivity contribution is -0.174. The summed E-state index contributed by atoms with van der Waals surface area (Å²) in [6.07, 6.45) is 2.34. The number of alkyl halides is 3. The van der Waals surface area contributed by atoms with Gasteiger partial charge in [0.1, 0.15) is 6.61 Å². The first-order valence-corrected chi connectivity index (χ1v) is 6.27.